The van der Waals surface area contributed by atoms with Crippen molar-refractivity contribution in [3.05, 3.63) is 17.7 Å². The smallest absolute Gasteiger partial charge is 0.342 e. The summed E-state index contributed by atoms with van der Waals surface area (Å²) < 4.78 is 21.0. The van der Waals surface area contributed by atoms with Gasteiger partial charge in [-0.3, -0.25) is 4.79 Å². The monoisotopic (exact) mass is 379 g/mol. The molecule has 0 aliphatic heterocycles. The number of hydrogen-bond donors (Lipinski definition) is 1. The first-order valence-corrected chi connectivity index (χ1v) is 9.22. The fraction of sp³-hybridized carbons (Fsp3) is 0.600. The number of carbonyl (C=O) groups excluding carboxylic acids is 2. The van der Waals surface area contributed by atoms with Gasteiger partial charge in [0, 0.05) is 18.2 Å². The van der Waals surface area contributed by atoms with E-state index in [1.165, 1.54) is 33.8 Å². The van der Waals surface area contributed by atoms with Crippen molar-refractivity contribution in [3.8, 4) is 17.2 Å². The molecular formula is C20H29NO6. The Bertz CT molecular complexity index is 675. The lowest BCUT2D eigenvalue weighted by molar-refractivity contribution is -0.130. The highest BCUT2D eigenvalue weighted by molar-refractivity contribution is 5.95. The minimum atomic E-state index is -0.913. The van der Waals surface area contributed by atoms with Crippen LogP contribution in [0, 0.1) is 5.92 Å². The van der Waals surface area contributed by atoms with E-state index in [9.17, 15) is 9.59 Å². The molecule has 1 N–H and O–H groups in total. The van der Waals surface area contributed by atoms with Crippen LogP contribution in [0.3, 0.4) is 0 Å². The number of ether oxygens (including phenoxy) is 4. The van der Waals surface area contributed by atoms with Crippen LogP contribution < -0.4 is 19.5 Å². The van der Waals surface area contributed by atoms with Gasteiger partial charge in [0.15, 0.2) is 17.6 Å². The topological polar surface area (TPSA) is 83.1 Å². The standard InChI is InChI=1S/C20H29NO6/c1-12-8-6-7-9-15(12)21-19(22)13(2)27-20(23)14-10-17(25-4)18(26-5)11-16(14)24-3/h10-13,15H,6-9H2,1-5H3,(H,21,22)/t12-,13-,15-/m1/s1. The summed E-state index contributed by atoms with van der Waals surface area (Å²) >= 11 is 0. The summed E-state index contributed by atoms with van der Waals surface area (Å²) in [6.45, 7) is 3.70. The minimum absolute atomic E-state index is 0.128. The largest absolute Gasteiger partial charge is 0.496 e. The summed E-state index contributed by atoms with van der Waals surface area (Å²) in [5, 5.41) is 3.00. The Balaban J connectivity index is 2.08. The summed E-state index contributed by atoms with van der Waals surface area (Å²) in [6, 6.07) is 3.15. The molecule has 2 rings (SSSR count). The fourth-order valence-corrected chi connectivity index (χ4v) is 3.30. The Labute approximate surface area is 160 Å². The number of nitrogens with one attached hydrogen (secondary N) is 1. The molecule has 0 bridgehead atoms. The maximum absolute atomic E-state index is 12.6. The van der Waals surface area contributed by atoms with Crippen LogP contribution in [-0.4, -0.2) is 45.4 Å². The highest BCUT2D eigenvalue weighted by Crippen LogP contribution is 2.35. The molecule has 1 aromatic rings. The van der Waals surface area contributed by atoms with Gasteiger partial charge in [-0.1, -0.05) is 19.8 Å². The molecule has 27 heavy (non-hydrogen) atoms. The van der Waals surface area contributed by atoms with Gasteiger partial charge < -0.3 is 24.3 Å². The predicted molar refractivity (Wildman–Crippen MR) is 101 cm³/mol. The maximum atomic E-state index is 12.6. The van der Waals surface area contributed by atoms with Gasteiger partial charge in [-0.25, -0.2) is 4.79 Å². The van der Waals surface area contributed by atoms with Gasteiger partial charge in [0.1, 0.15) is 11.3 Å². The van der Waals surface area contributed by atoms with E-state index in [0.29, 0.717) is 17.4 Å². The van der Waals surface area contributed by atoms with E-state index < -0.39 is 12.1 Å². The van der Waals surface area contributed by atoms with Crippen LogP contribution >= 0.6 is 0 Å². The number of esters is 1. The molecule has 0 spiro atoms. The van der Waals surface area contributed by atoms with Crippen LogP contribution in [0.2, 0.25) is 0 Å². The lowest BCUT2D eigenvalue weighted by Gasteiger charge is -2.30. The predicted octanol–water partition coefficient (Wildman–Crippen LogP) is 2.95. The van der Waals surface area contributed by atoms with Gasteiger partial charge in [0.05, 0.1) is 21.3 Å². The maximum Gasteiger partial charge on any atom is 0.342 e. The van der Waals surface area contributed by atoms with Crippen molar-refractivity contribution in [2.45, 2.75) is 51.7 Å². The zero-order valence-corrected chi connectivity index (χ0v) is 16.7. The number of hydrogen-bond acceptors (Lipinski definition) is 6. The number of carbonyl (C=O) groups is 2. The fourth-order valence-electron chi connectivity index (χ4n) is 3.30. The quantitative estimate of drug-likeness (QED) is 0.734. The molecule has 0 saturated heterocycles. The molecule has 1 aliphatic rings. The molecule has 1 amide bonds. The molecule has 0 heterocycles. The molecule has 1 aromatic carbocycles. The van der Waals surface area contributed by atoms with Gasteiger partial charge in [0.25, 0.3) is 5.91 Å². The zero-order chi connectivity index (χ0) is 20.0. The Morgan fingerprint density at radius 2 is 1.59 bits per heavy atom. The molecule has 1 fully saturated rings. The van der Waals surface area contributed by atoms with Gasteiger partial charge in [-0.05, 0) is 25.7 Å². The molecule has 7 nitrogen and oxygen atoms in total. The molecule has 3 atom stereocenters. The van der Waals surface area contributed by atoms with Crippen LogP contribution in [0.25, 0.3) is 0 Å². The van der Waals surface area contributed by atoms with E-state index in [4.69, 9.17) is 18.9 Å². The lowest BCUT2D eigenvalue weighted by atomic mass is 9.86. The Morgan fingerprint density at radius 1 is 1.00 bits per heavy atom. The zero-order valence-electron chi connectivity index (χ0n) is 16.7. The van der Waals surface area contributed by atoms with E-state index in [2.05, 4.69) is 12.2 Å². The first-order valence-electron chi connectivity index (χ1n) is 9.22. The highest BCUT2D eigenvalue weighted by atomic mass is 16.6. The van der Waals surface area contributed by atoms with E-state index in [-0.39, 0.29) is 23.3 Å². The summed E-state index contributed by atoms with van der Waals surface area (Å²) in [5.74, 6) is 0.567. The van der Waals surface area contributed by atoms with Crippen molar-refractivity contribution < 1.29 is 28.5 Å². The lowest BCUT2D eigenvalue weighted by Crippen LogP contribution is -2.46. The first kappa shape index (κ1) is 20.9. The molecule has 0 radical (unpaired) electrons. The highest BCUT2D eigenvalue weighted by Gasteiger charge is 2.27. The molecule has 1 saturated carbocycles. The summed E-state index contributed by atoms with van der Waals surface area (Å²) in [4.78, 5) is 25.0. The van der Waals surface area contributed by atoms with Gasteiger partial charge in [0.2, 0.25) is 0 Å². The number of rotatable bonds is 7. The van der Waals surface area contributed by atoms with Crippen molar-refractivity contribution in [3.63, 3.8) is 0 Å². The van der Waals surface area contributed by atoms with Gasteiger partial charge in [-0.2, -0.15) is 0 Å². The third-order valence-corrected chi connectivity index (χ3v) is 5.02. The summed E-state index contributed by atoms with van der Waals surface area (Å²) in [5.41, 5.74) is 0.167. The first-order chi connectivity index (χ1) is 12.9. The molecule has 7 heteroatoms. The SMILES string of the molecule is COc1cc(OC)c(C(=O)O[C@H](C)C(=O)N[C@@H]2CCCC[C@H]2C)cc1OC. The third-order valence-electron chi connectivity index (χ3n) is 5.02. The number of benzene rings is 1. The van der Waals surface area contributed by atoms with Crippen molar-refractivity contribution in [1.29, 1.82) is 0 Å². The van der Waals surface area contributed by atoms with E-state index in [1.54, 1.807) is 13.0 Å². The minimum Gasteiger partial charge on any atom is -0.496 e. The van der Waals surface area contributed by atoms with Gasteiger partial charge in [-0.15, -0.1) is 0 Å². The van der Waals surface area contributed by atoms with Crippen molar-refractivity contribution >= 4 is 11.9 Å². The third kappa shape index (κ3) is 5.05. The number of methoxy groups -OCH3 is 3. The van der Waals surface area contributed by atoms with Gasteiger partial charge >= 0.3 is 5.97 Å². The van der Waals surface area contributed by atoms with Crippen molar-refractivity contribution in [2.75, 3.05) is 21.3 Å². The molecule has 0 unspecified atom stereocenters. The second-order valence-electron chi connectivity index (χ2n) is 6.83. The second kappa shape index (κ2) is 9.48. The Hall–Kier alpha value is -2.44. The van der Waals surface area contributed by atoms with Crippen LogP contribution in [0.4, 0.5) is 0 Å². The van der Waals surface area contributed by atoms with Crippen LogP contribution in [0.15, 0.2) is 12.1 Å². The van der Waals surface area contributed by atoms with Crippen molar-refractivity contribution in [1.82, 2.24) is 5.32 Å². The number of amides is 1. The summed E-state index contributed by atoms with van der Waals surface area (Å²) in [7, 11) is 4.41. The average Bonchev–Trinajstić information content (AvgIpc) is 2.68. The van der Waals surface area contributed by atoms with Crippen LogP contribution in [-0.2, 0) is 9.53 Å². The molecule has 0 aromatic heterocycles. The summed E-state index contributed by atoms with van der Waals surface area (Å²) in [6.07, 6.45) is 3.44. The normalized spacial score (nSPS) is 20.3. The Morgan fingerprint density at radius 3 is 2.19 bits per heavy atom. The molecule has 1 aliphatic carbocycles. The van der Waals surface area contributed by atoms with Crippen LogP contribution in [0.1, 0.15) is 49.9 Å². The van der Waals surface area contributed by atoms with Crippen molar-refractivity contribution in [2.24, 2.45) is 5.92 Å². The van der Waals surface area contributed by atoms with Crippen LogP contribution in [0.5, 0.6) is 17.2 Å². The van der Waals surface area contributed by atoms with E-state index in [1.807, 2.05) is 0 Å². The molecular weight excluding hydrogens is 350 g/mol. The average molecular weight is 379 g/mol. The van der Waals surface area contributed by atoms with E-state index >= 15 is 0 Å². The second-order valence-corrected chi connectivity index (χ2v) is 6.83. The van der Waals surface area contributed by atoms with E-state index in [0.717, 1.165) is 19.3 Å². The Kier molecular flexibility index (Phi) is 7.33. The molecule has 150 valence electrons.